The molecule has 2 amide bonds. The molecule has 27 heavy (non-hydrogen) atoms. The normalized spacial score (nSPS) is 10.3. The zero-order chi connectivity index (χ0) is 19.6. The number of carbonyl (C=O) groups is 2. The number of thiocarbonyl (C=S) groups is 1. The van der Waals surface area contributed by atoms with Crippen LogP contribution in [0.2, 0.25) is 0 Å². The number of hydrogen-bond donors (Lipinski definition) is 3. The Morgan fingerprint density at radius 3 is 2.48 bits per heavy atom. The van der Waals surface area contributed by atoms with E-state index < -0.39 is 0 Å². The Morgan fingerprint density at radius 1 is 1.11 bits per heavy atom. The highest BCUT2D eigenvalue weighted by molar-refractivity contribution is 7.80. The van der Waals surface area contributed by atoms with Crippen molar-refractivity contribution in [2.45, 2.75) is 6.92 Å². The van der Waals surface area contributed by atoms with E-state index in [9.17, 15) is 9.59 Å². The van der Waals surface area contributed by atoms with Crippen molar-refractivity contribution in [3.63, 3.8) is 0 Å². The largest absolute Gasteiger partial charge is 0.494 e. The molecule has 7 heteroatoms. The molecule has 0 aromatic heterocycles. The average Bonchev–Trinajstić information content (AvgIpc) is 2.67. The van der Waals surface area contributed by atoms with Crippen molar-refractivity contribution in [1.82, 2.24) is 10.6 Å². The molecule has 2 aromatic rings. The number of rotatable bonds is 6. The van der Waals surface area contributed by atoms with Crippen molar-refractivity contribution in [2.24, 2.45) is 0 Å². The lowest BCUT2D eigenvalue weighted by Crippen LogP contribution is -2.33. The standard InChI is InChI=1S/C20H21N3O3S/c1-3-26-15-11-8-14(9-12-15)10-13-18(24)23-20(27)22-17-7-5-4-6-16(17)19(25)21-2/h4-13H,3H2,1-2H3,(H,21,25)(H2,22,23,24,27)/b13-10+. The van der Waals surface area contributed by atoms with Crippen molar-refractivity contribution in [3.8, 4) is 5.75 Å². The van der Waals surface area contributed by atoms with Gasteiger partial charge < -0.3 is 15.4 Å². The molecule has 0 atom stereocenters. The number of ether oxygens (including phenoxy) is 1. The number of nitrogens with one attached hydrogen (secondary N) is 3. The summed E-state index contributed by atoms with van der Waals surface area (Å²) in [6, 6.07) is 14.3. The maximum atomic E-state index is 12.0. The quantitative estimate of drug-likeness (QED) is 0.528. The molecule has 0 heterocycles. The molecule has 2 rings (SSSR count). The Balaban J connectivity index is 1.94. The van der Waals surface area contributed by atoms with E-state index in [-0.39, 0.29) is 16.9 Å². The highest BCUT2D eigenvalue weighted by atomic mass is 32.1. The number of para-hydroxylation sites is 1. The Bertz CT molecular complexity index is 848. The summed E-state index contributed by atoms with van der Waals surface area (Å²) in [7, 11) is 1.55. The fourth-order valence-electron chi connectivity index (χ4n) is 2.25. The third-order valence-electron chi connectivity index (χ3n) is 3.50. The van der Waals surface area contributed by atoms with Gasteiger partial charge in [0.2, 0.25) is 5.91 Å². The maximum Gasteiger partial charge on any atom is 0.253 e. The van der Waals surface area contributed by atoms with Crippen LogP contribution in [0.4, 0.5) is 5.69 Å². The maximum absolute atomic E-state index is 12.0. The zero-order valence-corrected chi connectivity index (χ0v) is 15.9. The van der Waals surface area contributed by atoms with Crippen LogP contribution in [0, 0.1) is 0 Å². The predicted molar refractivity (Wildman–Crippen MR) is 111 cm³/mol. The Hall–Kier alpha value is -3.19. The van der Waals surface area contributed by atoms with Gasteiger partial charge in [0, 0.05) is 13.1 Å². The minimum atomic E-state index is -0.376. The molecule has 0 saturated heterocycles. The lowest BCUT2D eigenvalue weighted by molar-refractivity contribution is -0.115. The minimum Gasteiger partial charge on any atom is -0.494 e. The number of amides is 2. The fraction of sp³-hybridized carbons (Fsp3) is 0.150. The second kappa shape index (κ2) is 10.1. The second-order valence-electron chi connectivity index (χ2n) is 5.40. The molecular weight excluding hydrogens is 362 g/mol. The lowest BCUT2D eigenvalue weighted by atomic mass is 10.1. The first-order valence-corrected chi connectivity index (χ1v) is 8.78. The smallest absolute Gasteiger partial charge is 0.253 e. The van der Waals surface area contributed by atoms with Crippen molar-refractivity contribution >= 4 is 40.9 Å². The Morgan fingerprint density at radius 2 is 1.81 bits per heavy atom. The second-order valence-corrected chi connectivity index (χ2v) is 5.81. The molecule has 0 unspecified atom stereocenters. The van der Waals surface area contributed by atoms with Gasteiger partial charge >= 0.3 is 0 Å². The molecule has 0 aliphatic carbocycles. The van der Waals surface area contributed by atoms with Gasteiger partial charge in [-0.25, -0.2) is 0 Å². The zero-order valence-electron chi connectivity index (χ0n) is 15.1. The summed E-state index contributed by atoms with van der Waals surface area (Å²) in [5.74, 6) is 0.153. The van der Waals surface area contributed by atoms with Gasteiger partial charge in [-0.2, -0.15) is 0 Å². The van der Waals surface area contributed by atoms with Crippen LogP contribution >= 0.6 is 12.2 Å². The number of hydrogen-bond acceptors (Lipinski definition) is 4. The summed E-state index contributed by atoms with van der Waals surface area (Å²) in [5, 5.41) is 8.08. The van der Waals surface area contributed by atoms with Crippen molar-refractivity contribution in [1.29, 1.82) is 0 Å². The van der Waals surface area contributed by atoms with E-state index in [1.807, 2.05) is 31.2 Å². The van der Waals surface area contributed by atoms with Gasteiger partial charge in [0.15, 0.2) is 5.11 Å². The number of anilines is 1. The Kier molecular flexibility index (Phi) is 7.51. The van der Waals surface area contributed by atoms with E-state index in [0.717, 1.165) is 11.3 Å². The molecule has 0 aliphatic rings. The van der Waals surface area contributed by atoms with Crippen LogP contribution in [0.1, 0.15) is 22.8 Å². The molecule has 0 spiro atoms. The van der Waals surface area contributed by atoms with Crippen LogP contribution in [0.15, 0.2) is 54.6 Å². The molecule has 6 nitrogen and oxygen atoms in total. The van der Waals surface area contributed by atoms with Crippen LogP contribution in [0.25, 0.3) is 6.08 Å². The Labute approximate surface area is 163 Å². The molecule has 0 saturated carbocycles. The molecule has 0 bridgehead atoms. The molecule has 0 radical (unpaired) electrons. The molecule has 0 fully saturated rings. The topological polar surface area (TPSA) is 79.5 Å². The molecule has 0 aliphatic heterocycles. The molecule has 3 N–H and O–H groups in total. The van der Waals surface area contributed by atoms with E-state index in [4.69, 9.17) is 17.0 Å². The summed E-state index contributed by atoms with van der Waals surface area (Å²) in [4.78, 5) is 23.9. The minimum absolute atomic E-state index is 0.104. The predicted octanol–water partition coefficient (Wildman–Crippen LogP) is 2.97. The molecule has 140 valence electrons. The average molecular weight is 383 g/mol. The monoisotopic (exact) mass is 383 g/mol. The van der Waals surface area contributed by atoms with Gasteiger partial charge in [0.1, 0.15) is 5.75 Å². The SMILES string of the molecule is CCOc1ccc(/C=C/C(=O)NC(=S)Nc2ccccc2C(=O)NC)cc1. The van der Waals surface area contributed by atoms with E-state index in [1.165, 1.54) is 6.08 Å². The van der Waals surface area contributed by atoms with E-state index in [1.54, 1.807) is 37.4 Å². The fourth-order valence-corrected chi connectivity index (χ4v) is 2.46. The van der Waals surface area contributed by atoms with Crippen molar-refractivity contribution in [3.05, 3.63) is 65.7 Å². The summed E-state index contributed by atoms with van der Waals surface area (Å²) < 4.78 is 5.37. The lowest BCUT2D eigenvalue weighted by Gasteiger charge is -2.11. The van der Waals surface area contributed by atoms with Crippen LogP contribution in [-0.4, -0.2) is 30.6 Å². The van der Waals surface area contributed by atoms with E-state index in [2.05, 4.69) is 16.0 Å². The van der Waals surface area contributed by atoms with E-state index >= 15 is 0 Å². The first kappa shape index (κ1) is 20.1. The first-order chi connectivity index (χ1) is 13.0. The highest BCUT2D eigenvalue weighted by Crippen LogP contribution is 2.15. The van der Waals surface area contributed by atoms with Gasteiger partial charge in [-0.1, -0.05) is 24.3 Å². The van der Waals surface area contributed by atoms with Gasteiger partial charge in [0.05, 0.1) is 17.9 Å². The van der Waals surface area contributed by atoms with Crippen LogP contribution in [-0.2, 0) is 4.79 Å². The van der Waals surface area contributed by atoms with Crippen LogP contribution in [0.5, 0.6) is 5.75 Å². The first-order valence-electron chi connectivity index (χ1n) is 8.37. The van der Waals surface area contributed by atoms with Gasteiger partial charge in [0.25, 0.3) is 5.91 Å². The van der Waals surface area contributed by atoms with Crippen LogP contribution in [0.3, 0.4) is 0 Å². The summed E-state index contributed by atoms with van der Waals surface area (Å²) in [5.41, 5.74) is 1.80. The highest BCUT2D eigenvalue weighted by Gasteiger charge is 2.10. The van der Waals surface area contributed by atoms with Gasteiger partial charge in [-0.05, 0) is 55.0 Å². The van der Waals surface area contributed by atoms with Crippen LogP contribution < -0.4 is 20.7 Å². The third kappa shape index (κ3) is 6.23. The number of benzene rings is 2. The summed E-state index contributed by atoms with van der Waals surface area (Å²) >= 11 is 5.15. The van der Waals surface area contributed by atoms with Crippen molar-refractivity contribution in [2.75, 3.05) is 19.0 Å². The molecular formula is C20H21N3O3S. The number of carbonyl (C=O) groups excluding carboxylic acids is 2. The van der Waals surface area contributed by atoms with Gasteiger partial charge in [-0.15, -0.1) is 0 Å². The van der Waals surface area contributed by atoms with Gasteiger partial charge in [-0.3, -0.25) is 14.9 Å². The summed E-state index contributed by atoms with van der Waals surface area (Å²) in [6.45, 7) is 2.52. The van der Waals surface area contributed by atoms with Crippen molar-refractivity contribution < 1.29 is 14.3 Å². The molecule has 2 aromatic carbocycles. The van der Waals surface area contributed by atoms with E-state index in [0.29, 0.717) is 17.9 Å². The summed E-state index contributed by atoms with van der Waals surface area (Å²) in [6.07, 6.45) is 3.06. The third-order valence-corrected chi connectivity index (χ3v) is 3.71.